The van der Waals surface area contributed by atoms with Crippen molar-refractivity contribution < 1.29 is 13.2 Å². The molecule has 0 radical (unpaired) electrons. The molecule has 0 saturated carbocycles. The molecular formula is C26H32N4O3S. The van der Waals surface area contributed by atoms with Crippen LogP contribution in [0.5, 0.6) is 0 Å². The second-order valence-electron chi connectivity index (χ2n) is 9.73. The van der Waals surface area contributed by atoms with Gasteiger partial charge < -0.3 is 14.5 Å². The van der Waals surface area contributed by atoms with E-state index in [4.69, 9.17) is 4.74 Å². The van der Waals surface area contributed by atoms with Gasteiger partial charge in [-0.1, -0.05) is 12.1 Å². The van der Waals surface area contributed by atoms with Crippen LogP contribution >= 0.6 is 0 Å². The first-order valence-corrected chi connectivity index (χ1v) is 13.7. The van der Waals surface area contributed by atoms with E-state index in [2.05, 4.69) is 20.8 Å². The van der Waals surface area contributed by atoms with Gasteiger partial charge in [-0.25, -0.2) is 12.4 Å². The predicted molar refractivity (Wildman–Crippen MR) is 135 cm³/mol. The summed E-state index contributed by atoms with van der Waals surface area (Å²) in [5.74, 6) is 0. The standard InChI is InChI=1S/C26H32N4O3S/c1-33-24-10-12-28(19-24)21-4-2-6-25(16-21)34(31,32)30-13-9-20-7-8-22(17-26(20)30)29-15-14-27-11-3-5-23(27)18-29/h2,4,6-9,13,16-17,23-24H,3,5,10-12,14-15,18-19H2,1H3. The van der Waals surface area contributed by atoms with Crippen molar-refractivity contribution in [2.24, 2.45) is 0 Å². The molecule has 3 aromatic rings. The first kappa shape index (κ1) is 21.9. The van der Waals surface area contributed by atoms with Crippen molar-refractivity contribution in [1.29, 1.82) is 0 Å². The summed E-state index contributed by atoms with van der Waals surface area (Å²) in [6, 6.07) is 16.0. The van der Waals surface area contributed by atoms with Gasteiger partial charge in [-0.3, -0.25) is 4.90 Å². The Morgan fingerprint density at radius 1 is 0.882 bits per heavy atom. The van der Waals surface area contributed by atoms with E-state index in [9.17, 15) is 8.42 Å². The topological polar surface area (TPSA) is 58.0 Å². The van der Waals surface area contributed by atoms with Crippen molar-refractivity contribution in [2.45, 2.75) is 36.3 Å². The molecule has 0 bridgehead atoms. The number of hydrogen-bond donors (Lipinski definition) is 0. The minimum atomic E-state index is -3.72. The summed E-state index contributed by atoms with van der Waals surface area (Å²) in [6.07, 6.45) is 5.36. The first-order chi connectivity index (χ1) is 16.5. The number of methoxy groups -OCH3 is 1. The van der Waals surface area contributed by atoms with Crippen LogP contribution in [0.2, 0.25) is 0 Å². The van der Waals surface area contributed by atoms with Crippen molar-refractivity contribution >= 4 is 32.3 Å². The molecule has 3 aliphatic heterocycles. The zero-order chi connectivity index (χ0) is 23.3. The summed E-state index contributed by atoms with van der Waals surface area (Å²) >= 11 is 0. The molecule has 0 spiro atoms. The van der Waals surface area contributed by atoms with Gasteiger partial charge in [0.15, 0.2) is 0 Å². The lowest BCUT2D eigenvalue weighted by Crippen LogP contribution is -2.50. The summed E-state index contributed by atoms with van der Waals surface area (Å²) in [4.78, 5) is 7.51. The average Bonchev–Trinajstić information content (AvgIpc) is 3.62. The Labute approximate surface area is 201 Å². The largest absolute Gasteiger partial charge is 0.380 e. The number of ether oxygens (including phenoxy) is 1. The minimum absolute atomic E-state index is 0.193. The maximum atomic E-state index is 13.7. The third kappa shape index (κ3) is 3.78. The smallest absolute Gasteiger partial charge is 0.268 e. The molecule has 7 nitrogen and oxygen atoms in total. The first-order valence-electron chi connectivity index (χ1n) is 12.3. The van der Waals surface area contributed by atoms with E-state index in [0.29, 0.717) is 10.9 Å². The molecule has 2 aromatic carbocycles. The maximum Gasteiger partial charge on any atom is 0.268 e. The number of nitrogens with zero attached hydrogens (tertiary/aromatic N) is 4. The van der Waals surface area contributed by atoms with E-state index in [1.165, 1.54) is 23.4 Å². The number of anilines is 2. The molecule has 3 saturated heterocycles. The lowest BCUT2D eigenvalue weighted by atomic mass is 10.1. The fourth-order valence-electron chi connectivity index (χ4n) is 5.83. The second-order valence-corrected chi connectivity index (χ2v) is 11.5. The fourth-order valence-corrected chi connectivity index (χ4v) is 7.22. The van der Waals surface area contributed by atoms with Crippen LogP contribution in [0, 0.1) is 0 Å². The molecule has 2 unspecified atom stereocenters. The van der Waals surface area contributed by atoms with Gasteiger partial charge in [0.1, 0.15) is 0 Å². The van der Waals surface area contributed by atoms with Crippen molar-refractivity contribution in [2.75, 3.05) is 56.2 Å². The number of aromatic nitrogens is 1. The van der Waals surface area contributed by atoms with Crippen LogP contribution in [0.4, 0.5) is 11.4 Å². The lowest BCUT2D eigenvalue weighted by Gasteiger charge is -2.38. The monoisotopic (exact) mass is 480 g/mol. The molecule has 3 fully saturated rings. The Morgan fingerprint density at radius 2 is 1.74 bits per heavy atom. The Hall–Kier alpha value is -2.55. The SMILES string of the molecule is COC1CCN(c2cccc(S(=O)(=O)n3ccc4ccc(N5CCN6CCCC6C5)cc43)c2)C1. The highest BCUT2D eigenvalue weighted by molar-refractivity contribution is 7.90. The molecule has 0 aliphatic carbocycles. The van der Waals surface area contributed by atoms with Gasteiger partial charge in [0.25, 0.3) is 10.0 Å². The second kappa shape index (κ2) is 8.59. The summed E-state index contributed by atoms with van der Waals surface area (Å²) in [5, 5.41) is 0.936. The third-order valence-corrected chi connectivity index (χ3v) is 9.50. The molecule has 2 atom stereocenters. The fraction of sp³-hybridized carbons (Fsp3) is 0.462. The molecule has 3 aliphatic rings. The van der Waals surface area contributed by atoms with Crippen LogP contribution in [0.3, 0.4) is 0 Å². The van der Waals surface area contributed by atoms with E-state index in [-0.39, 0.29) is 6.10 Å². The Bertz CT molecular complexity index is 1300. The quantitative estimate of drug-likeness (QED) is 0.558. The van der Waals surface area contributed by atoms with Crippen LogP contribution in [-0.4, -0.2) is 75.8 Å². The Morgan fingerprint density at radius 3 is 2.59 bits per heavy atom. The highest BCUT2D eigenvalue weighted by Crippen LogP contribution is 2.31. The summed E-state index contributed by atoms with van der Waals surface area (Å²) < 4.78 is 34.4. The number of fused-ring (bicyclic) bond motifs is 2. The van der Waals surface area contributed by atoms with Crippen LogP contribution < -0.4 is 9.80 Å². The molecule has 6 rings (SSSR count). The van der Waals surface area contributed by atoms with E-state index in [0.717, 1.165) is 61.4 Å². The number of hydrogen-bond acceptors (Lipinski definition) is 6. The molecule has 0 amide bonds. The third-order valence-electron chi connectivity index (χ3n) is 7.81. The molecule has 8 heteroatoms. The zero-order valence-electron chi connectivity index (χ0n) is 19.6. The maximum absolute atomic E-state index is 13.7. The highest BCUT2D eigenvalue weighted by atomic mass is 32.2. The Balaban J connectivity index is 1.32. The van der Waals surface area contributed by atoms with Crippen LogP contribution in [0.15, 0.2) is 59.6 Å². The number of benzene rings is 2. The Kier molecular flexibility index (Phi) is 5.54. The predicted octanol–water partition coefficient (Wildman–Crippen LogP) is 3.39. The van der Waals surface area contributed by atoms with Crippen molar-refractivity contribution in [3.05, 3.63) is 54.7 Å². The van der Waals surface area contributed by atoms with Crippen molar-refractivity contribution in [3.63, 3.8) is 0 Å². The molecular weight excluding hydrogens is 448 g/mol. The average molecular weight is 481 g/mol. The van der Waals surface area contributed by atoms with Gasteiger partial charge in [0, 0.05) is 68.8 Å². The van der Waals surface area contributed by atoms with Gasteiger partial charge in [-0.2, -0.15) is 0 Å². The van der Waals surface area contributed by atoms with Gasteiger partial charge in [0.2, 0.25) is 0 Å². The highest BCUT2D eigenvalue weighted by Gasteiger charge is 2.31. The van der Waals surface area contributed by atoms with Gasteiger partial charge in [0.05, 0.1) is 16.5 Å². The van der Waals surface area contributed by atoms with Gasteiger partial charge >= 0.3 is 0 Å². The van der Waals surface area contributed by atoms with Gasteiger partial charge in [-0.15, -0.1) is 0 Å². The number of piperazine rings is 1. The molecule has 0 N–H and O–H groups in total. The number of rotatable bonds is 5. The van der Waals surface area contributed by atoms with E-state index in [1.807, 2.05) is 30.3 Å². The van der Waals surface area contributed by atoms with E-state index < -0.39 is 10.0 Å². The normalized spacial score (nSPS) is 23.7. The van der Waals surface area contributed by atoms with Crippen molar-refractivity contribution in [1.82, 2.24) is 8.87 Å². The summed E-state index contributed by atoms with van der Waals surface area (Å²) in [5.41, 5.74) is 2.76. The van der Waals surface area contributed by atoms with Crippen LogP contribution in [-0.2, 0) is 14.8 Å². The minimum Gasteiger partial charge on any atom is -0.380 e. The molecule has 34 heavy (non-hydrogen) atoms. The van der Waals surface area contributed by atoms with Crippen LogP contribution in [0.25, 0.3) is 10.9 Å². The molecule has 4 heterocycles. The van der Waals surface area contributed by atoms with Crippen molar-refractivity contribution in [3.8, 4) is 0 Å². The summed E-state index contributed by atoms with van der Waals surface area (Å²) in [7, 11) is -1.99. The van der Waals surface area contributed by atoms with Crippen LogP contribution in [0.1, 0.15) is 19.3 Å². The molecule has 1 aromatic heterocycles. The van der Waals surface area contributed by atoms with Gasteiger partial charge in [-0.05, 0) is 62.2 Å². The summed E-state index contributed by atoms with van der Waals surface area (Å²) in [6.45, 7) is 5.93. The lowest BCUT2D eigenvalue weighted by molar-refractivity contribution is 0.121. The molecule has 180 valence electrons. The zero-order valence-corrected chi connectivity index (χ0v) is 20.5. The van der Waals surface area contributed by atoms with E-state index in [1.54, 1.807) is 25.4 Å². The van der Waals surface area contributed by atoms with E-state index >= 15 is 0 Å².